The van der Waals surface area contributed by atoms with Crippen molar-refractivity contribution < 1.29 is 0 Å². The van der Waals surface area contributed by atoms with E-state index in [1.54, 1.807) is 22.7 Å². The fourth-order valence-corrected chi connectivity index (χ4v) is 3.32. The molecule has 0 aliphatic carbocycles. The lowest BCUT2D eigenvalue weighted by Gasteiger charge is -2.02. The van der Waals surface area contributed by atoms with E-state index in [2.05, 4.69) is 23.4 Å². The van der Waals surface area contributed by atoms with Crippen LogP contribution in [0.25, 0.3) is 9.40 Å². The summed E-state index contributed by atoms with van der Waals surface area (Å²) in [4.78, 5) is 1.19. The molecule has 1 unspecified atom stereocenters. The summed E-state index contributed by atoms with van der Waals surface area (Å²) in [5, 5.41) is 2.09. The molecule has 2 aromatic rings. The van der Waals surface area contributed by atoms with Gasteiger partial charge in [-0.3, -0.25) is 0 Å². The highest BCUT2D eigenvalue weighted by molar-refractivity contribution is 7.26. The van der Waals surface area contributed by atoms with E-state index in [0.717, 1.165) is 0 Å². The van der Waals surface area contributed by atoms with Crippen LogP contribution in [0.5, 0.6) is 0 Å². The van der Waals surface area contributed by atoms with Crippen molar-refractivity contribution >= 4 is 32.1 Å². The van der Waals surface area contributed by atoms with E-state index in [0.29, 0.717) is 6.42 Å². The van der Waals surface area contributed by atoms with E-state index in [4.69, 9.17) is 12.2 Å². The van der Waals surface area contributed by atoms with E-state index in [1.165, 1.54) is 14.3 Å². The molecule has 0 aliphatic heterocycles. The van der Waals surface area contributed by atoms with Crippen molar-refractivity contribution in [3.05, 3.63) is 22.4 Å². The summed E-state index contributed by atoms with van der Waals surface area (Å²) in [6.45, 7) is 0. The van der Waals surface area contributed by atoms with Crippen LogP contribution in [0.15, 0.2) is 17.5 Å². The highest BCUT2D eigenvalue weighted by Crippen LogP contribution is 2.33. The Morgan fingerprint density at radius 3 is 3.08 bits per heavy atom. The Morgan fingerprint density at radius 2 is 2.38 bits per heavy atom. The van der Waals surface area contributed by atoms with Crippen LogP contribution in [0.3, 0.4) is 0 Å². The first-order valence-electron chi connectivity index (χ1n) is 3.97. The SMILES string of the molecule is C#CCC(N)c1cc2sccc2s1. The van der Waals surface area contributed by atoms with Crippen LogP contribution in [0.4, 0.5) is 0 Å². The topological polar surface area (TPSA) is 26.0 Å². The van der Waals surface area contributed by atoms with Crippen molar-refractivity contribution in [3.63, 3.8) is 0 Å². The number of nitrogens with two attached hydrogens (primary N) is 1. The minimum Gasteiger partial charge on any atom is -0.322 e. The van der Waals surface area contributed by atoms with Crippen molar-refractivity contribution in [2.75, 3.05) is 0 Å². The van der Waals surface area contributed by atoms with E-state index in [-0.39, 0.29) is 6.04 Å². The van der Waals surface area contributed by atoms with Crippen molar-refractivity contribution in [2.45, 2.75) is 12.5 Å². The zero-order valence-corrected chi connectivity index (χ0v) is 8.62. The number of hydrogen-bond acceptors (Lipinski definition) is 3. The van der Waals surface area contributed by atoms with Gasteiger partial charge in [-0.1, -0.05) is 0 Å². The summed E-state index contributed by atoms with van der Waals surface area (Å²) >= 11 is 3.49. The van der Waals surface area contributed by atoms with E-state index in [9.17, 15) is 0 Å². The first-order valence-corrected chi connectivity index (χ1v) is 5.67. The molecule has 0 saturated heterocycles. The average Bonchev–Trinajstić information content (AvgIpc) is 2.61. The van der Waals surface area contributed by atoms with Crippen LogP contribution in [-0.2, 0) is 0 Å². The maximum atomic E-state index is 5.90. The normalized spacial score (nSPS) is 12.9. The maximum absolute atomic E-state index is 5.90. The Balaban J connectivity index is 2.34. The van der Waals surface area contributed by atoms with E-state index >= 15 is 0 Å². The van der Waals surface area contributed by atoms with E-state index < -0.39 is 0 Å². The second-order valence-electron chi connectivity index (χ2n) is 2.81. The molecule has 2 N–H and O–H groups in total. The molecule has 2 heterocycles. The van der Waals surface area contributed by atoms with Crippen molar-refractivity contribution in [2.24, 2.45) is 5.73 Å². The standard InChI is InChI=1S/C10H9NS2/c1-2-3-7(11)9-6-10-8(13-9)4-5-12-10/h1,4-7H,3,11H2. The lowest BCUT2D eigenvalue weighted by Crippen LogP contribution is -2.06. The summed E-state index contributed by atoms with van der Waals surface area (Å²) in [6.07, 6.45) is 5.83. The molecule has 1 nitrogen and oxygen atoms in total. The van der Waals surface area contributed by atoms with Gasteiger partial charge in [0, 0.05) is 20.7 Å². The summed E-state index contributed by atoms with van der Waals surface area (Å²) in [7, 11) is 0. The van der Waals surface area contributed by atoms with Crippen molar-refractivity contribution in [1.29, 1.82) is 0 Å². The third-order valence-corrected chi connectivity index (χ3v) is 4.09. The molecule has 0 spiro atoms. The molecule has 0 amide bonds. The second-order valence-corrected chi connectivity index (χ2v) is 4.88. The Bertz CT molecular complexity index is 418. The average molecular weight is 207 g/mol. The molecule has 0 aromatic carbocycles. The number of rotatable bonds is 2. The lowest BCUT2D eigenvalue weighted by atomic mass is 10.2. The van der Waals surface area contributed by atoms with Crippen LogP contribution in [-0.4, -0.2) is 0 Å². The minimum atomic E-state index is 0.00889. The van der Waals surface area contributed by atoms with Crippen LogP contribution in [0.2, 0.25) is 0 Å². The fourth-order valence-electron chi connectivity index (χ4n) is 1.19. The fraction of sp³-hybridized carbons (Fsp3) is 0.200. The molecule has 0 aliphatic rings. The number of fused-ring (bicyclic) bond motifs is 1. The quantitative estimate of drug-likeness (QED) is 0.753. The minimum absolute atomic E-state index is 0.00889. The smallest absolute Gasteiger partial charge is 0.0501 e. The molecule has 0 bridgehead atoms. The first kappa shape index (κ1) is 8.76. The predicted molar refractivity (Wildman–Crippen MR) is 60.1 cm³/mol. The summed E-state index contributed by atoms with van der Waals surface area (Å²) in [6, 6.07) is 4.28. The van der Waals surface area contributed by atoms with Gasteiger partial charge in [-0.2, -0.15) is 0 Å². The predicted octanol–water partition coefficient (Wildman–Crippen LogP) is 2.99. The van der Waals surface area contributed by atoms with Gasteiger partial charge in [0.25, 0.3) is 0 Å². The van der Waals surface area contributed by atoms with Crippen molar-refractivity contribution in [3.8, 4) is 12.3 Å². The monoisotopic (exact) mass is 207 g/mol. The number of hydrogen-bond donors (Lipinski definition) is 1. The van der Waals surface area contributed by atoms with Crippen molar-refractivity contribution in [1.82, 2.24) is 0 Å². The molecule has 0 radical (unpaired) electrons. The Hall–Kier alpha value is -0.820. The van der Waals surface area contributed by atoms with Crippen LogP contribution < -0.4 is 5.73 Å². The van der Waals surface area contributed by atoms with Gasteiger partial charge in [0.05, 0.1) is 6.04 Å². The largest absolute Gasteiger partial charge is 0.322 e. The zero-order valence-electron chi connectivity index (χ0n) is 6.99. The molecule has 2 aromatic heterocycles. The zero-order chi connectivity index (χ0) is 9.26. The summed E-state index contributed by atoms with van der Waals surface area (Å²) in [5.74, 6) is 2.59. The van der Waals surface area contributed by atoms with Gasteiger partial charge in [-0.25, -0.2) is 0 Å². The van der Waals surface area contributed by atoms with Gasteiger partial charge in [0.15, 0.2) is 0 Å². The Kier molecular flexibility index (Phi) is 2.36. The molecular formula is C10H9NS2. The van der Waals surface area contributed by atoms with Gasteiger partial charge >= 0.3 is 0 Å². The Morgan fingerprint density at radius 1 is 1.54 bits per heavy atom. The molecule has 66 valence electrons. The second kappa shape index (κ2) is 3.51. The van der Waals surface area contributed by atoms with Gasteiger partial charge in [-0.15, -0.1) is 35.0 Å². The van der Waals surface area contributed by atoms with Gasteiger partial charge in [-0.05, 0) is 17.5 Å². The van der Waals surface area contributed by atoms with Gasteiger partial charge < -0.3 is 5.73 Å². The third kappa shape index (κ3) is 1.61. The van der Waals surface area contributed by atoms with Crippen LogP contribution in [0, 0.1) is 12.3 Å². The first-order chi connectivity index (χ1) is 6.31. The lowest BCUT2D eigenvalue weighted by molar-refractivity contribution is 0.772. The van der Waals surface area contributed by atoms with Gasteiger partial charge in [0.2, 0.25) is 0 Å². The number of thiophene rings is 2. The highest BCUT2D eigenvalue weighted by Gasteiger charge is 2.09. The number of terminal acetylenes is 1. The summed E-state index contributed by atoms with van der Waals surface area (Å²) < 4.78 is 2.62. The highest BCUT2D eigenvalue weighted by atomic mass is 32.1. The maximum Gasteiger partial charge on any atom is 0.0501 e. The van der Waals surface area contributed by atoms with E-state index in [1.807, 2.05) is 0 Å². The Labute approximate surface area is 85.2 Å². The molecule has 3 heteroatoms. The van der Waals surface area contributed by atoms with Crippen LogP contribution >= 0.6 is 22.7 Å². The molecule has 1 atom stereocenters. The molecule has 0 fully saturated rings. The molecular weight excluding hydrogens is 198 g/mol. The summed E-state index contributed by atoms with van der Waals surface area (Å²) in [5.41, 5.74) is 5.90. The third-order valence-electron chi connectivity index (χ3n) is 1.86. The molecule has 0 saturated carbocycles. The van der Waals surface area contributed by atoms with Crippen LogP contribution in [0.1, 0.15) is 17.3 Å². The molecule has 13 heavy (non-hydrogen) atoms. The van der Waals surface area contributed by atoms with Gasteiger partial charge in [0.1, 0.15) is 0 Å². The molecule has 2 rings (SSSR count).